The van der Waals surface area contributed by atoms with Crippen molar-refractivity contribution in [3.63, 3.8) is 0 Å². The minimum atomic E-state index is -1.66. The highest BCUT2D eigenvalue weighted by molar-refractivity contribution is 6.67. The van der Waals surface area contributed by atoms with Gasteiger partial charge >= 0.3 is 48.9 Å². The van der Waals surface area contributed by atoms with Crippen molar-refractivity contribution in [2.24, 2.45) is 64.9 Å². The molecule has 15 aliphatic rings. The number of benzene rings is 4. The van der Waals surface area contributed by atoms with Crippen molar-refractivity contribution in [1.82, 2.24) is 54.6 Å². The average Bonchev–Trinajstić information content (AvgIpc) is 1.62. The number of nitrogens with two attached hydrogens (primary N) is 1. The van der Waals surface area contributed by atoms with Gasteiger partial charge in [-0.3, -0.25) is 67.3 Å². The highest BCUT2D eigenvalue weighted by Crippen LogP contribution is 2.51. The smallest absolute Gasteiger partial charge is 0.374 e. The number of carboxylic acid groups (broad SMARTS) is 2. The lowest BCUT2D eigenvalue weighted by atomic mass is 9.76. The number of ketones is 1. The highest BCUT2D eigenvalue weighted by Gasteiger charge is 2.63. The molecule has 41 heteroatoms. The number of carbonyl (C=O) groups is 13. The van der Waals surface area contributed by atoms with Gasteiger partial charge in [0.1, 0.15) is 42.1 Å². The van der Waals surface area contributed by atoms with E-state index in [-0.39, 0.29) is 153 Å². The van der Waals surface area contributed by atoms with E-state index < -0.39 is 106 Å². The zero-order valence-corrected chi connectivity index (χ0v) is 85.2. The molecule has 13 unspecified atom stereocenters. The van der Waals surface area contributed by atoms with Crippen molar-refractivity contribution in [3.8, 4) is 11.5 Å². The minimum absolute atomic E-state index is 0.0221. The van der Waals surface area contributed by atoms with Crippen molar-refractivity contribution < 1.29 is 120 Å². The van der Waals surface area contributed by atoms with Crippen LogP contribution in [0.15, 0.2) is 109 Å². The normalized spacial score (nSPS) is 30.7. The predicted molar refractivity (Wildman–Crippen MR) is 527 cm³/mol. The molecule has 15 fully saturated rings. The first kappa shape index (κ1) is 109. The van der Waals surface area contributed by atoms with Crippen LogP contribution in [0.3, 0.4) is 0 Å². The van der Waals surface area contributed by atoms with E-state index in [1.165, 1.54) is 6.82 Å². The number of fused-ring (bicyclic) bond motifs is 10. The number of amides is 7. The maximum absolute atomic E-state index is 13.3. The van der Waals surface area contributed by atoms with Gasteiger partial charge in [-0.1, -0.05) is 127 Å². The first-order valence-corrected chi connectivity index (χ1v) is 52.2. The Balaban J connectivity index is 0.000000136. The molecular formula is C103H138BCl3N12O25. The van der Waals surface area contributed by atoms with Crippen LogP contribution in [-0.4, -0.2) is 366 Å². The van der Waals surface area contributed by atoms with Crippen molar-refractivity contribution in [1.29, 1.82) is 0 Å². The van der Waals surface area contributed by atoms with Gasteiger partial charge < -0.3 is 108 Å². The molecule has 0 radical (unpaired) electrons. The number of Topliss-reactive ketones (excluding diaryl/α,β-unsaturated/α-hetero) is 1. The Morgan fingerprint density at radius 3 is 1.19 bits per heavy atom. The molecule has 4 aromatic carbocycles. The molecule has 10 bridgehead atoms. The van der Waals surface area contributed by atoms with Gasteiger partial charge in [0.25, 0.3) is 5.91 Å². The quantitative estimate of drug-likeness (QED) is 0.0117. The fourth-order valence-corrected chi connectivity index (χ4v) is 23.6. The summed E-state index contributed by atoms with van der Waals surface area (Å²) in [5.41, 5.74) is 8.17. The number of nitrogens with zero attached hydrogens (tertiary/aromatic N) is 9. The molecule has 0 aliphatic carbocycles. The third-order valence-corrected chi connectivity index (χ3v) is 31.3. The lowest BCUT2D eigenvalue weighted by molar-refractivity contribution is -0.157. The molecule has 144 heavy (non-hydrogen) atoms. The van der Waals surface area contributed by atoms with Crippen LogP contribution in [0, 0.1) is 59.2 Å². The van der Waals surface area contributed by atoms with Gasteiger partial charge in [-0.25, -0.2) is 4.79 Å². The molecule has 7 N–H and O–H groups in total. The molecule has 15 aliphatic heterocycles. The summed E-state index contributed by atoms with van der Waals surface area (Å²) < 4.78 is 49.8. The van der Waals surface area contributed by atoms with E-state index in [1.807, 2.05) is 89.1 Å². The maximum Gasteiger partial charge on any atom is 0.374 e. The Morgan fingerprint density at radius 1 is 0.472 bits per heavy atom. The molecule has 7 amide bonds. The number of likely N-dealkylation sites (N-methyl/N-ethyl adjacent to an activating group) is 3. The summed E-state index contributed by atoms with van der Waals surface area (Å²) >= 11 is 16.9. The fourth-order valence-electron chi connectivity index (χ4n) is 23.4. The molecule has 0 spiro atoms. The van der Waals surface area contributed by atoms with Gasteiger partial charge in [0.05, 0.1) is 120 Å². The second-order valence-corrected chi connectivity index (χ2v) is 43.6. The van der Waals surface area contributed by atoms with Crippen LogP contribution in [0.4, 0.5) is 4.79 Å². The fraction of sp³-hybridized carbons (Fsp3) is 0.641. The molecular weight excluding hydrogens is 1920 g/mol. The van der Waals surface area contributed by atoms with Crippen LogP contribution in [0.2, 0.25) is 6.82 Å². The Bertz CT molecular complexity index is 5150. The van der Waals surface area contributed by atoms with Crippen molar-refractivity contribution in [2.75, 3.05) is 146 Å². The number of imide groups is 1. The molecule has 0 saturated carbocycles. The number of carbonyl (C=O) groups excluding carboxylic acids is 11. The Labute approximate surface area is 855 Å². The van der Waals surface area contributed by atoms with Gasteiger partial charge in [-0.2, -0.15) is 0 Å². The van der Waals surface area contributed by atoms with Crippen LogP contribution in [0.1, 0.15) is 126 Å². The van der Waals surface area contributed by atoms with E-state index in [1.54, 1.807) is 67.6 Å². The van der Waals surface area contributed by atoms with Gasteiger partial charge in [0, 0.05) is 124 Å². The standard InChI is InChI=1S/C23H32BN3O7.C22H31N3O4.C22H30N2O4.C21H24N2O6.C15H21Cl3N2O4/c1-24(32)25-16(22(29)30)13-14-3-5-15(6-4-14)33-23(31)20-18-8-7-17(34-18)19(20)21(28)27-11-9-26(2)10-12-27;1-14(23)13-15-3-5-16(6-4-15)28-22(27)20-18-8-7-17(29-18)19(20)21(26)25-11-9-24(2)10-12-25;1-2-10-23-11-13-24(14-12-23)21(25)19-17-8-9-18(28-17)20(19)22(26)27-15-16-6-4-3-5-7-16;1-21(12-6-3-2-4-7-12)19(27)23(20(28)22-21)11-5-8-13(24)16-14-9-10-15(29-14)17(16)18(25)26;1-19-4-6-20(7-5-19)13(21)11-9-2-3-10(24-9)12(11)14(22)23-8-15(16,17)18/h3-6,16-20,25,32H,7-13H2,1-2H3,(H,29,30);3-6,14,17-20H,7-13,23H2,1-2H3;3-7,17-20H,2,8-15H2,1H3;2-4,6-7,14-17H,5,8-11H2,1H3,(H,22,28)(H,25,26);9-12H,2-8H2,1H3/t16?,17-,18+,19?,20?;14?,17-,18+,19?,20?;17-,18+,19?,20?;14-,15+,16?,17?,21?;9-,10+,11?,12?/m00000/s1. The molecule has 19 rings (SSSR count). The molecule has 23 atom stereocenters. The van der Waals surface area contributed by atoms with Crippen molar-refractivity contribution >= 4 is 119 Å². The SMILES string of the molecule is CB(O)NC(Cc1ccc(OC(=O)C2C(C(=O)N3CCN(C)CC3)[C@@H]3CC[C@H]2O3)cc1)C(=O)O.CC(N)Cc1ccc(OC(=O)C2C(C(=O)N3CCN(C)CC3)[C@@H]3CC[C@H]2O3)cc1.CC1(c2ccccc2)NC(=O)N(CCCC(=O)C2C(C(=O)O)[C@H]3CC[C@@H]2O3)C1=O.CCCN1CCN(C(=O)C2C(C(=O)OCc3ccccc3)[C@H]3CC[C@@H]2O3)CC1.CN1CCN(C(=O)C2C(C(=O)OCC(Cl)(Cl)Cl)[C@H]3CC[C@@H]2O3)CC1. The Hall–Kier alpha value is -9.36. The van der Waals surface area contributed by atoms with Gasteiger partial charge in [0.2, 0.25) is 27.4 Å². The zero-order chi connectivity index (χ0) is 103. The number of aliphatic carboxylic acids is 2. The number of urea groups is 1. The highest BCUT2D eigenvalue weighted by atomic mass is 35.6. The second kappa shape index (κ2) is 48.7. The van der Waals surface area contributed by atoms with E-state index in [4.69, 9.17) is 83.2 Å². The number of hydrogen-bond donors (Lipinski definition) is 6. The second-order valence-electron chi connectivity index (χ2n) is 41.1. The molecule has 37 nitrogen and oxygen atoms in total. The Morgan fingerprint density at radius 2 is 0.826 bits per heavy atom. The van der Waals surface area contributed by atoms with Crippen molar-refractivity contribution in [2.45, 2.75) is 213 Å². The minimum Gasteiger partial charge on any atom is -0.481 e. The number of esters is 4. The number of halogens is 3. The number of alkyl halides is 3. The number of rotatable bonds is 29. The van der Waals surface area contributed by atoms with Crippen LogP contribution in [-0.2, 0) is 116 Å². The summed E-state index contributed by atoms with van der Waals surface area (Å²) in [6, 6.07) is 31.3. The molecule has 4 aromatic rings. The van der Waals surface area contributed by atoms with Crippen LogP contribution in [0.25, 0.3) is 0 Å². The number of ether oxygens (including phenoxy) is 9. The number of nitrogens with one attached hydrogen (secondary N) is 2. The first-order chi connectivity index (χ1) is 68.9. The lowest BCUT2D eigenvalue weighted by Crippen LogP contribution is -2.53. The monoisotopic (exact) mass is 2060 g/mol. The number of hydrogen-bond acceptors (Lipinski definition) is 29. The van der Waals surface area contributed by atoms with E-state index >= 15 is 0 Å². The largest absolute Gasteiger partial charge is 0.481 e. The van der Waals surface area contributed by atoms with E-state index in [0.29, 0.717) is 81.2 Å². The topological polar surface area (TPSA) is 445 Å². The molecule has 15 saturated heterocycles. The van der Waals surface area contributed by atoms with Crippen LogP contribution < -0.4 is 25.8 Å². The predicted octanol–water partition coefficient (Wildman–Crippen LogP) is 6.13. The number of piperazine rings is 4. The first-order valence-electron chi connectivity index (χ1n) is 51.0. The summed E-state index contributed by atoms with van der Waals surface area (Å²) in [6.45, 7) is 20.7. The maximum atomic E-state index is 13.3. The third-order valence-electron chi connectivity index (χ3n) is 31.0. The Kier molecular flexibility index (Phi) is 36.8. The van der Waals surface area contributed by atoms with E-state index in [9.17, 15) is 77.6 Å². The molecule has 784 valence electrons. The van der Waals surface area contributed by atoms with Gasteiger partial charge in [-0.15, -0.1) is 0 Å². The van der Waals surface area contributed by atoms with E-state index in [2.05, 4.69) is 44.1 Å². The zero-order valence-electron chi connectivity index (χ0n) is 83.0. The summed E-state index contributed by atoms with van der Waals surface area (Å²) in [6.07, 6.45) is 7.80. The van der Waals surface area contributed by atoms with Gasteiger partial charge in [0.15, 0.2) is 0 Å². The number of carboxylic acids is 2. The summed E-state index contributed by atoms with van der Waals surface area (Å²) in [4.78, 5) is 183. The molecule has 15 heterocycles. The average molecular weight is 2060 g/mol. The van der Waals surface area contributed by atoms with Crippen LogP contribution >= 0.6 is 34.8 Å². The lowest BCUT2D eigenvalue weighted by Gasteiger charge is -2.37. The van der Waals surface area contributed by atoms with E-state index in [0.717, 1.165) is 152 Å². The third kappa shape index (κ3) is 26.1. The van der Waals surface area contributed by atoms with Crippen molar-refractivity contribution in [3.05, 3.63) is 131 Å². The summed E-state index contributed by atoms with van der Waals surface area (Å²) in [5, 5.41) is 33.5. The summed E-state index contributed by atoms with van der Waals surface area (Å²) in [7, 11) is 5.16. The van der Waals surface area contributed by atoms with Crippen LogP contribution in [0.5, 0.6) is 11.5 Å². The molecule has 0 aromatic heterocycles. The summed E-state index contributed by atoms with van der Waals surface area (Å²) in [5.74, 6) is -8.79. The van der Waals surface area contributed by atoms with Gasteiger partial charge in [-0.05, 0) is 185 Å².